The lowest BCUT2D eigenvalue weighted by atomic mass is 10.1. The van der Waals surface area contributed by atoms with Crippen LogP contribution in [0.1, 0.15) is 5.56 Å². The second-order valence-corrected chi connectivity index (χ2v) is 8.32. The normalized spacial score (nSPS) is 11.1. The van der Waals surface area contributed by atoms with Crippen LogP contribution >= 0.6 is 15.9 Å². The van der Waals surface area contributed by atoms with Gasteiger partial charge in [-0.3, -0.25) is 9.52 Å². The smallest absolute Gasteiger partial charge is 0.263 e. The highest BCUT2D eigenvalue weighted by molar-refractivity contribution is 9.10. The van der Waals surface area contributed by atoms with E-state index in [0.717, 1.165) is 0 Å². The van der Waals surface area contributed by atoms with E-state index in [1.807, 2.05) is 0 Å². The highest BCUT2D eigenvalue weighted by atomic mass is 79.9. The summed E-state index contributed by atoms with van der Waals surface area (Å²) in [6.07, 6.45) is 1.33. The van der Waals surface area contributed by atoms with Crippen molar-refractivity contribution in [3.05, 3.63) is 82.7 Å². The first-order valence-corrected chi connectivity index (χ1v) is 10.4. The molecule has 0 atom stereocenters. The Balaban J connectivity index is 1.67. The summed E-state index contributed by atoms with van der Waals surface area (Å²) < 4.78 is 41.3. The molecule has 0 bridgehead atoms. The molecule has 0 fully saturated rings. The van der Waals surface area contributed by atoms with Crippen molar-refractivity contribution in [2.45, 2.75) is 11.3 Å². The Morgan fingerprint density at radius 2 is 1.79 bits per heavy atom. The van der Waals surface area contributed by atoms with Gasteiger partial charge in [0.05, 0.1) is 15.8 Å². The third kappa shape index (κ3) is 4.93. The van der Waals surface area contributed by atoms with Crippen LogP contribution in [0.15, 0.2) is 76.2 Å². The maximum Gasteiger partial charge on any atom is 0.263 e. The number of amides is 1. The molecule has 0 saturated carbocycles. The number of carbonyl (C=O) groups excluding carboxylic acids is 1. The van der Waals surface area contributed by atoms with Gasteiger partial charge in [0, 0.05) is 11.9 Å². The quantitative estimate of drug-likeness (QED) is 0.578. The number of anilines is 2. The lowest BCUT2D eigenvalue weighted by Crippen LogP contribution is -2.16. The number of benzene rings is 2. The number of halogens is 2. The number of nitrogens with zero attached hydrogens (tertiary/aromatic N) is 1. The Kier molecular flexibility index (Phi) is 6.05. The van der Waals surface area contributed by atoms with E-state index < -0.39 is 21.7 Å². The molecule has 0 aliphatic carbocycles. The van der Waals surface area contributed by atoms with Gasteiger partial charge in [0.1, 0.15) is 11.6 Å². The van der Waals surface area contributed by atoms with Gasteiger partial charge in [-0.25, -0.2) is 17.8 Å². The lowest BCUT2D eigenvalue weighted by Gasteiger charge is -2.09. The summed E-state index contributed by atoms with van der Waals surface area (Å²) in [4.78, 5) is 16.1. The molecule has 9 heteroatoms. The molecule has 28 heavy (non-hydrogen) atoms. The molecule has 0 aliphatic heterocycles. The van der Waals surface area contributed by atoms with Crippen LogP contribution in [0.3, 0.4) is 0 Å². The number of carbonyl (C=O) groups is 1. The number of hydrogen-bond acceptors (Lipinski definition) is 4. The van der Waals surface area contributed by atoms with Gasteiger partial charge < -0.3 is 5.32 Å². The Bertz CT molecular complexity index is 1090. The molecule has 2 aromatic carbocycles. The zero-order chi connectivity index (χ0) is 20.1. The van der Waals surface area contributed by atoms with Gasteiger partial charge in [0.2, 0.25) is 5.91 Å². The van der Waals surface area contributed by atoms with Crippen molar-refractivity contribution in [3.8, 4) is 0 Å². The van der Waals surface area contributed by atoms with E-state index in [9.17, 15) is 17.6 Å². The largest absolute Gasteiger partial charge is 0.326 e. The van der Waals surface area contributed by atoms with E-state index >= 15 is 0 Å². The zero-order valence-corrected chi connectivity index (χ0v) is 16.8. The van der Waals surface area contributed by atoms with E-state index in [4.69, 9.17) is 0 Å². The number of sulfonamides is 1. The first-order valence-electron chi connectivity index (χ1n) is 8.12. The van der Waals surface area contributed by atoms with Gasteiger partial charge in [-0.15, -0.1) is 0 Å². The molecule has 6 nitrogen and oxygen atoms in total. The minimum absolute atomic E-state index is 0.0224. The van der Waals surface area contributed by atoms with Crippen LogP contribution in [-0.4, -0.2) is 19.3 Å². The van der Waals surface area contributed by atoms with Crippen molar-refractivity contribution in [2.75, 3.05) is 10.0 Å². The summed E-state index contributed by atoms with van der Waals surface area (Å²) in [6.45, 7) is 0. The van der Waals surface area contributed by atoms with Crippen molar-refractivity contribution in [1.82, 2.24) is 4.98 Å². The van der Waals surface area contributed by atoms with E-state index in [-0.39, 0.29) is 27.2 Å². The average Bonchev–Trinajstić information content (AvgIpc) is 2.66. The van der Waals surface area contributed by atoms with E-state index in [0.29, 0.717) is 5.69 Å². The summed E-state index contributed by atoms with van der Waals surface area (Å²) in [5, 5.41) is 2.62. The van der Waals surface area contributed by atoms with Gasteiger partial charge in [0.15, 0.2) is 0 Å². The van der Waals surface area contributed by atoms with E-state index in [2.05, 4.69) is 31.0 Å². The molecular weight excluding hydrogens is 449 g/mol. The van der Waals surface area contributed by atoms with Crippen molar-refractivity contribution in [2.24, 2.45) is 0 Å². The SMILES string of the molecule is O=C(Cc1cccc(Br)c1F)Nc1ccc(S(=O)(=O)Nc2ccccn2)cc1. The molecule has 1 heterocycles. The maximum atomic E-state index is 14.0. The molecule has 0 aliphatic rings. The van der Waals surface area contributed by atoms with Crippen molar-refractivity contribution < 1.29 is 17.6 Å². The number of pyridine rings is 1. The van der Waals surface area contributed by atoms with Crippen LogP contribution in [0.2, 0.25) is 0 Å². The number of rotatable bonds is 6. The fourth-order valence-electron chi connectivity index (χ4n) is 2.40. The van der Waals surface area contributed by atoms with Crippen molar-refractivity contribution in [3.63, 3.8) is 0 Å². The van der Waals surface area contributed by atoms with E-state index in [1.54, 1.807) is 24.3 Å². The molecule has 1 amide bonds. The molecule has 144 valence electrons. The molecule has 0 saturated heterocycles. The number of nitrogens with one attached hydrogen (secondary N) is 2. The lowest BCUT2D eigenvalue weighted by molar-refractivity contribution is -0.115. The van der Waals surface area contributed by atoms with Crippen LogP contribution in [0.25, 0.3) is 0 Å². The highest BCUT2D eigenvalue weighted by Gasteiger charge is 2.15. The topological polar surface area (TPSA) is 88.2 Å². The second-order valence-electron chi connectivity index (χ2n) is 5.78. The van der Waals surface area contributed by atoms with Crippen molar-refractivity contribution >= 4 is 43.4 Å². The van der Waals surface area contributed by atoms with Crippen LogP contribution in [0, 0.1) is 5.82 Å². The monoisotopic (exact) mass is 463 g/mol. The van der Waals surface area contributed by atoms with Crippen LogP contribution in [-0.2, 0) is 21.2 Å². The average molecular weight is 464 g/mol. The molecule has 3 rings (SSSR count). The summed E-state index contributed by atoms with van der Waals surface area (Å²) in [6, 6.07) is 15.2. The van der Waals surface area contributed by atoms with Gasteiger partial charge in [-0.05, 0) is 64.0 Å². The van der Waals surface area contributed by atoms with E-state index in [1.165, 1.54) is 42.6 Å². The third-order valence-electron chi connectivity index (χ3n) is 3.73. The fraction of sp³-hybridized carbons (Fsp3) is 0.0526. The van der Waals surface area contributed by atoms with Crippen LogP contribution < -0.4 is 10.0 Å². The Hall–Kier alpha value is -2.78. The first kappa shape index (κ1) is 20.0. The molecular formula is C19H15BrFN3O3S. The van der Waals surface area contributed by atoms with Crippen LogP contribution in [0.4, 0.5) is 15.9 Å². The maximum absolute atomic E-state index is 14.0. The predicted octanol–water partition coefficient (Wildman–Crippen LogP) is 3.97. The van der Waals surface area contributed by atoms with Gasteiger partial charge >= 0.3 is 0 Å². The van der Waals surface area contributed by atoms with Crippen LogP contribution in [0.5, 0.6) is 0 Å². The second kappa shape index (κ2) is 8.49. The molecule has 2 N–H and O–H groups in total. The zero-order valence-electron chi connectivity index (χ0n) is 14.4. The molecule has 3 aromatic rings. The molecule has 0 spiro atoms. The summed E-state index contributed by atoms with van der Waals surface area (Å²) >= 11 is 3.08. The fourth-order valence-corrected chi connectivity index (χ4v) is 3.82. The minimum Gasteiger partial charge on any atom is -0.326 e. The number of hydrogen-bond donors (Lipinski definition) is 2. The Morgan fingerprint density at radius 3 is 2.46 bits per heavy atom. The minimum atomic E-state index is -3.80. The summed E-state index contributed by atoms with van der Waals surface area (Å²) in [5.74, 6) is -0.699. The molecule has 1 aromatic heterocycles. The number of aromatic nitrogens is 1. The first-order chi connectivity index (χ1) is 13.3. The summed E-state index contributed by atoms with van der Waals surface area (Å²) in [7, 11) is -3.80. The summed E-state index contributed by atoms with van der Waals surface area (Å²) in [5.41, 5.74) is 0.655. The van der Waals surface area contributed by atoms with Gasteiger partial charge in [0.25, 0.3) is 10.0 Å². The van der Waals surface area contributed by atoms with Crippen molar-refractivity contribution in [1.29, 1.82) is 0 Å². The van der Waals surface area contributed by atoms with Gasteiger partial charge in [-0.2, -0.15) is 0 Å². The molecule has 0 radical (unpaired) electrons. The Labute approximate surface area is 170 Å². The van der Waals surface area contributed by atoms with Gasteiger partial charge in [-0.1, -0.05) is 18.2 Å². The highest BCUT2D eigenvalue weighted by Crippen LogP contribution is 2.20. The predicted molar refractivity (Wildman–Crippen MR) is 108 cm³/mol. The molecule has 0 unspecified atom stereocenters. The Morgan fingerprint density at radius 1 is 1.04 bits per heavy atom. The standard InChI is InChI=1S/C19H15BrFN3O3S/c20-16-5-3-4-13(19(16)21)12-18(25)23-14-7-9-15(10-8-14)28(26,27)24-17-6-1-2-11-22-17/h1-11H,12H2,(H,22,24)(H,23,25). The third-order valence-corrected chi connectivity index (χ3v) is 5.72.